The minimum absolute atomic E-state index is 0.00876. The van der Waals surface area contributed by atoms with E-state index in [4.69, 9.17) is 4.74 Å². The first kappa shape index (κ1) is 21.0. The number of ether oxygens (including phenoxy) is 1. The van der Waals surface area contributed by atoms with E-state index >= 15 is 0 Å². The van der Waals surface area contributed by atoms with E-state index in [2.05, 4.69) is 5.32 Å². The normalized spacial score (nSPS) is 22.2. The Labute approximate surface area is 170 Å². The second kappa shape index (κ2) is 8.76. The van der Waals surface area contributed by atoms with Crippen LogP contribution in [0.4, 0.5) is 5.69 Å². The zero-order valence-electron chi connectivity index (χ0n) is 17.2. The maximum absolute atomic E-state index is 12.4. The molecule has 0 spiro atoms. The van der Waals surface area contributed by atoms with E-state index in [0.717, 1.165) is 36.8 Å². The molecular formula is C22H28N2O5. The quantitative estimate of drug-likeness (QED) is 0.585. The predicted molar refractivity (Wildman–Crippen MR) is 107 cm³/mol. The van der Waals surface area contributed by atoms with Crippen LogP contribution in [0.3, 0.4) is 0 Å². The second-order valence-electron chi connectivity index (χ2n) is 8.02. The molecule has 1 saturated heterocycles. The van der Waals surface area contributed by atoms with Gasteiger partial charge in [-0.3, -0.25) is 24.1 Å². The lowest BCUT2D eigenvalue weighted by Crippen LogP contribution is -2.35. The number of fused-ring (bicyclic) bond motifs is 1. The van der Waals surface area contributed by atoms with Crippen LogP contribution < -0.4 is 5.32 Å². The summed E-state index contributed by atoms with van der Waals surface area (Å²) in [5, 5.41) is 2.77. The van der Waals surface area contributed by atoms with E-state index in [1.54, 1.807) is 0 Å². The van der Waals surface area contributed by atoms with Gasteiger partial charge >= 0.3 is 5.97 Å². The first-order chi connectivity index (χ1) is 13.8. The van der Waals surface area contributed by atoms with Gasteiger partial charge in [-0.2, -0.15) is 0 Å². The number of hydrogen-bond donors (Lipinski definition) is 1. The summed E-state index contributed by atoms with van der Waals surface area (Å²) in [7, 11) is 0. The summed E-state index contributed by atoms with van der Waals surface area (Å²) in [5.41, 5.74) is 2.60. The average Bonchev–Trinajstić information content (AvgIpc) is 2.93. The summed E-state index contributed by atoms with van der Waals surface area (Å²) in [6.45, 7) is 5.32. The lowest BCUT2D eigenvalue weighted by molar-refractivity contribution is -0.154. The maximum atomic E-state index is 12.4. The third-order valence-corrected chi connectivity index (χ3v) is 5.80. The Balaban J connectivity index is 1.50. The highest BCUT2D eigenvalue weighted by molar-refractivity contribution is 6.05. The van der Waals surface area contributed by atoms with Crippen molar-refractivity contribution in [1.29, 1.82) is 0 Å². The number of benzene rings is 1. The van der Waals surface area contributed by atoms with Crippen LogP contribution in [0, 0.1) is 25.7 Å². The van der Waals surface area contributed by atoms with Crippen molar-refractivity contribution in [2.24, 2.45) is 11.8 Å². The smallest absolute Gasteiger partial charge is 0.308 e. The van der Waals surface area contributed by atoms with Crippen molar-refractivity contribution in [2.75, 3.05) is 11.9 Å². The first-order valence-electron chi connectivity index (χ1n) is 10.2. The van der Waals surface area contributed by atoms with Crippen molar-refractivity contribution < 1.29 is 23.9 Å². The molecule has 1 aromatic rings. The number of hydrogen-bond acceptors (Lipinski definition) is 5. The number of likely N-dealkylation sites (tertiary alicyclic amines) is 1. The molecule has 1 heterocycles. The third kappa shape index (κ3) is 4.66. The van der Waals surface area contributed by atoms with Crippen LogP contribution in [-0.2, 0) is 23.9 Å². The zero-order chi connectivity index (χ0) is 21.1. The van der Waals surface area contributed by atoms with E-state index in [9.17, 15) is 19.2 Å². The van der Waals surface area contributed by atoms with E-state index < -0.39 is 18.0 Å². The van der Waals surface area contributed by atoms with E-state index in [1.165, 1.54) is 11.8 Å². The Morgan fingerprint density at radius 1 is 1.14 bits per heavy atom. The number of nitrogens with zero attached hydrogens (tertiary/aromatic N) is 1. The molecule has 3 amide bonds. The number of carbonyl (C=O) groups excluding carboxylic acids is 4. The van der Waals surface area contributed by atoms with Crippen LogP contribution in [0.25, 0.3) is 0 Å². The fourth-order valence-corrected chi connectivity index (χ4v) is 4.07. The molecule has 1 aliphatic carbocycles. The summed E-state index contributed by atoms with van der Waals surface area (Å²) < 4.78 is 5.20. The van der Waals surface area contributed by atoms with Gasteiger partial charge < -0.3 is 10.1 Å². The molecule has 0 bridgehead atoms. The molecule has 0 radical (unpaired) electrons. The number of amides is 3. The zero-order valence-corrected chi connectivity index (χ0v) is 17.2. The topological polar surface area (TPSA) is 92.8 Å². The lowest BCUT2D eigenvalue weighted by atomic mass is 9.81. The van der Waals surface area contributed by atoms with Crippen LogP contribution in [0.1, 0.15) is 50.2 Å². The molecule has 3 atom stereocenters. The number of aryl methyl sites for hydroxylation is 2. The molecule has 29 heavy (non-hydrogen) atoms. The molecule has 2 fully saturated rings. The SMILES string of the molecule is Cc1ccc(C)c(NC(=O)[C@@H](C)OC(=O)CCN2C(=O)[C@H]3CCCC[C@H]3C2=O)c1. The van der Waals surface area contributed by atoms with Gasteiger partial charge in [-0.05, 0) is 50.8 Å². The fourth-order valence-electron chi connectivity index (χ4n) is 4.07. The van der Waals surface area contributed by atoms with Crippen molar-refractivity contribution in [3.05, 3.63) is 29.3 Å². The average molecular weight is 400 g/mol. The highest BCUT2D eigenvalue weighted by Crippen LogP contribution is 2.38. The molecule has 156 valence electrons. The molecule has 7 nitrogen and oxygen atoms in total. The number of carbonyl (C=O) groups is 4. The molecule has 0 unspecified atom stereocenters. The maximum Gasteiger partial charge on any atom is 0.308 e. The second-order valence-corrected chi connectivity index (χ2v) is 8.02. The van der Waals surface area contributed by atoms with Gasteiger partial charge in [-0.1, -0.05) is 25.0 Å². The molecule has 1 N–H and O–H groups in total. The third-order valence-electron chi connectivity index (χ3n) is 5.80. The molecule has 7 heteroatoms. The van der Waals surface area contributed by atoms with Gasteiger partial charge in [-0.15, -0.1) is 0 Å². The Bertz CT molecular complexity index is 810. The highest BCUT2D eigenvalue weighted by Gasteiger charge is 2.47. The predicted octanol–water partition coefficient (Wildman–Crippen LogP) is 2.74. The molecular weight excluding hydrogens is 372 g/mol. The Morgan fingerprint density at radius 3 is 2.38 bits per heavy atom. The van der Waals surface area contributed by atoms with E-state index in [-0.39, 0.29) is 36.6 Å². The van der Waals surface area contributed by atoms with Gasteiger partial charge in [0.1, 0.15) is 0 Å². The van der Waals surface area contributed by atoms with E-state index in [0.29, 0.717) is 5.69 Å². The number of esters is 1. The van der Waals surface area contributed by atoms with Gasteiger partial charge in [0.25, 0.3) is 5.91 Å². The van der Waals surface area contributed by atoms with Crippen LogP contribution in [0.5, 0.6) is 0 Å². The molecule has 3 rings (SSSR count). The van der Waals surface area contributed by atoms with Gasteiger partial charge in [0.2, 0.25) is 11.8 Å². The minimum atomic E-state index is -0.977. The number of imide groups is 1. The van der Waals surface area contributed by atoms with Gasteiger partial charge in [0.15, 0.2) is 6.10 Å². The summed E-state index contributed by atoms with van der Waals surface area (Å²) in [5.74, 6) is -1.83. The molecule has 0 aromatic heterocycles. The summed E-state index contributed by atoms with van der Waals surface area (Å²) in [4.78, 5) is 50.6. The monoisotopic (exact) mass is 400 g/mol. The van der Waals surface area contributed by atoms with Gasteiger partial charge in [-0.25, -0.2) is 0 Å². The molecule has 1 aliphatic heterocycles. The van der Waals surface area contributed by atoms with E-state index in [1.807, 2.05) is 32.0 Å². The van der Waals surface area contributed by atoms with Crippen LogP contribution >= 0.6 is 0 Å². The van der Waals surface area contributed by atoms with Crippen molar-refractivity contribution >= 4 is 29.4 Å². The summed E-state index contributed by atoms with van der Waals surface area (Å²) >= 11 is 0. The van der Waals surface area contributed by atoms with Crippen LogP contribution in [-0.4, -0.2) is 41.2 Å². The summed E-state index contributed by atoms with van der Waals surface area (Å²) in [6.07, 6.45) is 2.32. The molecule has 1 saturated carbocycles. The Morgan fingerprint density at radius 2 is 1.76 bits per heavy atom. The fraction of sp³-hybridized carbons (Fsp3) is 0.545. The van der Waals surface area contributed by atoms with Crippen molar-refractivity contribution in [3.63, 3.8) is 0 Å². The van der Waals surface area contributed by atoms with Gasteiger partial charge in [0.05, 0.1) is 18.3 Å². The van der Waals surface area contributed by atoms with Crippen molar-refractivity contribution in [1.82, 2.24) is 4.90 Å². The Hall–Kier alpha value is -2.70. The minimum Gasteiger partial charge on any atom is -0.452 e. The number of rotatable bonds is 6. The largest absolute Gasteiger partial charge is 0.452 e. The molecule has 1 aromatic carbocycles. The standard InChI is InChI=1S/C22H28N2O5/c1-13-8-9-14(2)18(12-13)23-20(26)15(3)29-19(25)10-11-24-21(27)16-6-4-5-7-17(16)22(24)28/h8-9,12,15-17H,4-7,10-11H2,1-3H3,(H,23,26)/t15-,16-,17+/m1/s1. The molecule has 2 aliphatic rings. The number of anilines is 1. The van der Waals surface area contributed by atoms with Crippen molar-refractivity contribution in [3.8, 4) is 0 Å². The van der Waals surface area contributed by atoms with Crippen LogP contribution in [0.2, 0.25) is 0 Å². The summed E-state index contributed by atoms with van der Waals surface area (Å²) in [6, 6.07) is 5.71. The lowest BCUT2D eigenvalue weighted by Gasteiger charge is -2.19. The highest BCUT2D eigenvalue weighted by atomic mass is 16.5. The van der Waals surface area contributed by atoms with Crippen molar-refractivity contribution in [2.45, 2.75) is 59.0 Å². The number of nitrogens with one attached hydrogen (secondary N) is 1. The first-order valence-corrected chi connectivity index (χ1v) is 10.2. The Kier molecular flexibility index (Phi) is 6.35. The van der Waals surface area contributed by atoms with Crippen LogP contribution in [0.15, 0.2) is 18.2 Å². The van der Waals surface area contributed by atoms with Gasteiger partial charge in [0, 0.05) is 12.2 Å².